The quantitative estimate of drug-likeness (QED) is 0.594. The first-order valence-electron chi connectivity index (χ1n) is 8.14. The van der Waals surface area contributed by atoms with Crippen LogP contribution in [0.3, 0.4) is 0 Å². The lowest BCUT2D eigenvalue weighted by Crippen LogP contribution is -2.40. The van der Waals surface area contributed by atoms with Crippen LogP contribution in [-0.4, -0.2) is 40.6 Å². The summed E-state index contributed by atoms with van der Waals surface area (Å²) in [5.74, 6) is 0.911. The smallest absolute Gasteiger partial charge is 0.351 e. The number of aromatic nitrogens is 2. The SMILES string of the molecule is CCC1CCCCN1c1ncnc(N(CC)CC)c1[N+](=O)[O-]. The topological polar surface area (TPSA) is 75.4 Å². The lowest BCUT2D eigenvalue weighted by molar-refractivity contribution is -0.383. The molecule has 7 heteroatoms. The average Bonchev–Trinajstić information content (AvgIpc) is 2.55. The molecule has 7 nitrogen and oxygen atoms in total. The second-order valence-electron chi connectivity index (χ2n) is 5.55. The van der Waals surface area contributed by atoms with Gasteiger partial charge in [-0.05, 0) is 39.5 Å². The zero-order valence-electron chi connectivity index (χ0n) is 13.7. The van der Waals surface area contributed by atoms with Crippen molar-refractivity contribution in [2.75, 3.05) is 29.4 Å². The molecule has 1 aliphatic heterocycles. The molecule has 22 heavy (non-hydrogen) atoms. The molecule has 122 valence electrons. The molecule has 2 rings (SSSR count). The van der Waals surface area contributed by atoms with Crippen molar-refractivity contribution in [2.24, 2.45) is 0 Å². The molecule has 1 atom stereocenters. The van der Waals surface area contributed by atoms with Gasteiger partial charge in [0.1, 0.15) is 6.33 Å². The lowest BCUT2D eigenvalue weighted by atomic mass is 10.00. The fourth-order valence-electron chi connectivity index (χ4n) is 3.19. The number of nitro groups is 1. The Hall–Kier alpha value is -1.92. The van der Waals surface area contributed by atoms with Crippen molar-refractivity contribution in [3.8, 4) is 0 Å². The monoisotopic (exact) mass is 307 g/mol. The van der Waals surface area contributed by atoms with Crippen molar-refractivity contribution in [3.63, 3.8) is 0 Å². The maximum atomic E-state index is 11.7. The van der Waals surface area contributed by atoms with Crippen LogP contribution in [-0.2, 0) is 0 Å². The van der Waals surface area contributed by atoms with Crippen LogP contribution in [0.2, 0.25) is 0 Å². The largest absolute Gasteiger partial charge is 0.353 e. The van der Waals surface area contributed by atoms with Crippen molar-refractivity contribution >= 4 is 17.3 Å². The summed E-state index contributed by atoms with van der Waals surface area (Å²) in [5, 5.41) is 11.7. The summed E-state index contributed by atoms with van der Waals surface area (Å²) >= 11 is 0. The van der Waals surface area contributed by atoms with Crippen molar-refractivity contribution in [3.05, 3.63) is 16.4 Å². The van der Waals surface area contributed by atoms with E-state index in [4.69, 9.17) is 0 Å². The molecule has 1 unspecified atom stereocenters. The molecule has 1 aliphatic rings. The van der Waals surface area contributed by atoms with Gasteiger partial charge in [0.2, 0.25) is 11.6 Å². The minimum Gasteiger partial charge on any atom is -0.351 e. The summed E-state index contributed by atoms with van der Waals surface area (Å²) in [6, 6.07) is 0.326. The first-order valence-corrected chi connectivity index (χ1v) is 8.14. The van der Waals surface area contributed by atoms with E-state index >= 15 is 0 Å². The summed E-state index contributed by atoms with van der Waals surface area (Å²) in [5.41, 5.74) is 0.0477. The van der Waals surface area contributed by atoms with Crippen molar-refractivity contribution < 1.29 is 4.92 Å². The number of nitrogens with zero attached hydrogens (tertiary/aromatic N) is 5. The van der Waals surface area contributed by atoms with E-state index in [1.165, 1.54) is 12.7 Å². The highest BCUT2D eigenvalue weighted by atomic mass is 16.6. The molecule has 1 aromatic heterocycles. The molecule has 0 amide bonds. The maximum Gasteiger partial charge on any atom is 0.353 e. The van der Waals surface area contributed by atoms with Crippen molar-refractivity contribution in [1.82, 2.24) is 9.97 Å². The summed E-state index contributed by atoms with van der Waals surface area (Å²) in [7, 11) is 0. The molecular formula is C15H25N5O2. The first kappa shape index (κ1) is 16.5. The highest BCUT2D eigenvalue weighted by Crippen LogP contribution is 2.37. The van der Waals surface area contributed by atoms with Crippen molar-refractivity contribution in [2.45, 2.75) is 52.5 Å². The maximum absolute atomic E-state index is 11.7. The van der Waals surface area contributed by atoms with Crippen LogP contribution < -0.4 is 9.80 Å². The van der Waals surface area contributed by atoms with E-state index in [-0.39, 0.29) is 10.6 Å². The van der Waals surface area contributed by atoms with Gasteiger partial charge in [-0.15, -0.1) is 0 Å². The minimum absolute atomic E-state index is 0.0477. The molecule has 0 spiro atoms. The third-order valence-electron chi connectivity index (χ3n) is 4.40. The molecule has 2 heterocycles. The summed E-state index contributed by atoms with van der Waals surface area (Å²) < 4.78 is 0. The van der Waals surface area contributed by atoms with Gasteiger partial charge in [-0.25, -0.2) is 9.97 Å². The Morgan fingerprint density at radius 2 is 2.05 bits per heavy atom. The number of hydrogen-bond acceptors (Lipinski definition) is 6. The van der Waals surface area contributed by atoms with Gasteiger partial charge in [0.25, 0.3) is 0 Å². The molecule has 1 aromatic rings. The molecule has 0 N–H and O–H groups in total. The van der Waals surface area contributed by atoms with Crippen LogP contribution in [0.1, 0.15) is 46.5 Å². The zero-order chi connectivity index (χ0) is 16.1. The second-order valence-corrected chi connectivity index (χ2v) is 5.55. The van der Waals surface area contributed by atoms with Crippen LogP contribution in [0.25, 0.3) is 0 Å². The van der Waals surface area contributed by atoms with Gasteiger partial charge < -0.3 is 9.80 Å². The Bertz CT molecular complexity index is 519. The summed E-state index contributed by atoms with van der Waals surface area (Å²) in [4.78, 5) is 23.9. The summed E-state index contributed by atoms with van der Waals surface area (Å²) in [6.07, 6.45) is 5.73. The highest BCUT2D eigenvalue weighted by molar-refractivity contribution is 5.71. The predicted molar refractivity (Wildman–Crippen MR) is 87.5 cm³/mol. The van der Waals surface area contributed by atoms with Gasteiger partial charge in [0, 0.05) is 25.7 Å². The lowest BCUT2D eigenvalue weighted by Gasteiger charge is -2.36. The number of piperidine rings is 1. The Morgan fingerprint density at radius 1 is 1.32 bits per heavy atom. The Kier molecular flexibility index (Phi) is 5.51. The Labute approximate surface area is 131 Å². The Balaban J connectivity index is 2.50. The molecular weight excluding hydrogens is 282 g/mol. The van der Waals surface area contributed by atoms with E-state index in [0.29, 0.717) is 30.8 Å². The van der Waals surface area contributed by atoms with Crippen LogP contribution in [0.15, 0.2) is 6.33 Å². The van der Waals surface area contributed by atoms with E-state index in [1.807, 2.05) is 18.7 Å². The van der Waals surface area contributed by atoms with Crippen LogP contribution >= 0.6 is 0 Å². The second kappa shape index (κ2) is 7.38. The van der Waals surface area contributed by atoms with Crippen molar-refractivity contribution in [1.29, 1.82) is 0 Å². The van der Waals surface area contributed by atoms with E-state index in [2.05, 4.69) is 21.8 Å². The van der Waals surface area contributed by atoms with E-state index < -0.39 is 0 Å². The summed E-state index contributed by atoms with van der Waals surface area (Å²) in [6.45, 7) is 8.28. The fraction of sp³-hybridized carbons (Fsp3) is 0.733. The van der Waals surface area contributed by atoms with Gasteiger partial charge >= 0.3 is 5.69 Å². The van der Waals surface area contributed by atoms with Crippen LogP contribution in [0, 0.1) is 10.1 Å². The molecule has 1 saturated heterocycles. The first-order chi connectivity index (χ1) is 10.6. The molecule has 0 radical (unpaired) electrons. The average molecular weight is 307 g/mol. The van der Waals surface area contributed by atoms with E-state index in [0.717, 1.165) is 25.8 Å². The number of hydrogen-bond donors (Lipinski definition) is 0. The number of rotatable bonds is 6. The van der Waals surface area contributed by atoms with Crippen LogP contribution in [0.4, 0.5) is 17.3 Å². The number of anilines is 2. The predicted octanol–water partition coefficient (Wildman–Crippen LogP) is 3.00. The standard InChI is InChI=1S/C15H25N5O2/c1-4-12-9-7-8-10-19(12)15-13(20(21)22)14(16-11-17-15)18(5-2)6-3/h11-12H,4-10H2,1-3H3. The fourth-order valence-corrected chi connectivity index (χ4v) is 3.19. The zero-order valence-corrected chi connectivity index (χ0v) is 13.7. The molecule has 0 bridgehead atoms. The van der Waals surface area contributed by atoms with Gasteiger partial charge in [0.15, 0.2) is 0 Å². The van der Waals surface area contributed by atoms with Gasteiger partial charge in [-0.1, -0.05) is 6.92 Å². The van der Waals surface area contributed by atoms with Gasteiger partial charge in [0.05, 0.1) is 4.92 Å². The van der Waals surface area contributed by atoms with E-state index in [9.17, 15) is 10.1 Å². The normalized spacial score (nSPS) is 18.3. The third kappa shape index (κ3) is 3.13. The highest BCUT2D eigenvalue weighted by Gasteiger charge is 2.32. The molecule has 1 fully saturated rings. The van der Waals surface area contributed by atoms with Gasteiger partial charge in [-0.2, -0.15) is 0 Å². The molecule has 0 saturated carbocycles. The molecule has 0 aromatic carbocycles. The third-order valence-corrected chi connectivity index (χ3v) is 4.40. The van der Waals surface area contributed by atoms with Crippen LogP contribution in [0.5, 0.6) is 0 Å². The van der Waals surface area contributed by atoms with Gasteiger partial charge in [-0.3, -0.25) is 10.1 Å². The minimum atomic E-state index is -0.329. The molecule has 0 aliphatic carbocycles. The van der Waals surface area contributed by atoms with E-state index in [1.54, 1.807) is 0 Å². The Morgan fingerprint density at radius 3 is 2.64 bits per heavy atom.